The maximum atomic E-state index is 11.5. The van der Waals surface area contributed by atoms with Crippen molar-refractivity contribution in [2.24, 2.45) is 5.41 Å². The summed E-state index contributed by atoms with van der Waals surface area (Å²) in [5, 5.41) is 0. The van der Waals surface area contributed by atoms with E-state index in [1.165, 1.54) is 21.1 Å². The van der Waals surface area contributed by atoms with Crippen molar-refractivity contribution in [3.8, 4) is 0 Å². The van der Waals surface area contributed by atoms with Gasteiger partial charge in [0, 0.05) is 0 Å². The van der Waals surface area contributed by atoms with E-state index in [0.29, 0.717) is 0 Å². The number of hydrogen-bond acceptors (Lipinski definition) is 5. The lowest BCUT2D eigenvalue weighted by atomic mass is 9.91. The molecule has 0 atom stereocenters. The standard InChI is InChI=1S/C11H20O5/c1-10(2,3)16-7-11(4,8(12)14-5)9(13)15-6/h7H2,1-6H3. The van der Waals surface area contributed by atoms with Crippen molar-refractivity contribution in [1.29, 1.82) is 0 Å². The van der Waals surface area contributed by atoms with Gasteiger partial charge in [0.25, 0.3) is 0 Å². The Kier molecular flexibility index (Phi) is 4.93. The van der Waals surface area contributed by atoms with Gasteiger partial charge in [0.15, 0.2) is 5.41 Å². The van der Waals surface area contributed by atoms with Crippen LogP contribution in [0, 0.1) is 5.41 Å². The second-order valence-corrected chi connectivity index (χ2v) is 4.72. The predicted molar refractivity (Wildman–Crippen MR) is 57.8 cm³/mol. The summed E-state index contributed by atoms with van der Waals surface area (Å²) in [6.07, 6.45) is 0. The number of carbonyl (C=O) groups is 2. The molecule has 0 amide bonds. The maximum Gasteiger partial charge on any atom is 0.325 e. The Morgan fingerprint density at radius 3 is 1.56 bits per heavy atom. The van der Waals surface area contributed by atoms with Gasteiger partial charge >= 0.3 is 11.9 Å². The van der Waals surface area contributed by atoms with E-state index >= 15 is 0 Å². The molecule has 0 aliphatic heterocycles. The van der Waals surface area contributed by atoms with Crippen LogP contribution in [0.1, 0.15) is 27.7 Å². The van der Waals surface area contributed by atoms with E-state index in [1.807, 2.05) is 20.8 Å². The van der Waals surface area contributed by atoms with Crippen molar-refractivity contribution in [1.82, 2.24) is 0 Å². The molecule has 0 N–H and O–H groups in total. The molecular weight excluding hydrogens is 212 g/mol. The summed E-state index contributed by atoms with van der Waals surface area (Å²) >= 11 is 0. The van der Waals surface area contributed by atoms with E-state index in [2.05, 4.69) is 9.47 Å². The summed E-state index contributed by atoms with van der Waals surface area (Å²) in [7, 11) is 2.45. The SMILES string of the molecule is COC(=O)C(C)(COC(C)(C)C)C(=O)OC. The van der Waals surface area contributed by atoms with Gasteiger partial charge in [0.05, 0.1) is 26.4 Å². The van der Waals surface area contributed by atoms with Crippen LogP contribution in [-0.4, -0.2) is 38.4 Å². The van der Waals surface area contributed by atoms with Crippen LogP contribution in [0.25, 0.3) is 0 Å². The Hall–Kier alpha value is -1.10. The van der Waals surface area contributed by atoms with Crippen molar-refractivity contribution in [3.05, 3.63) is 0 Å². The monoisotopic (exact) mass is 232 g/mol. The van der Waals surface area contributed by atoms with E-state index < -0.39 is 23.0 Å². The van der Waals surface area contributed by atoms with Crippen LogP contribution in [0.2, 0.25) is 0 Å². The van der Waals surface area contributed by atoms with Gasteiger partial charge in [-0.05, 0) is 27.7 Å². The van der Waals surface area contributed by atoms with Crippen molar-refractivity contribution in [2.75, 3.05) is 20.8 Å². The lowest BCUT2D eigenvalue weighted by molar-refractivity contribution is -0.175. The maximum absolute atomic E-state index is 11.5. The van der Waals surface area contributed by atoms with E-state index in [1.54, 1.807) is 0 Å². The molecule has 0 radical (unpaired) electrons. The molecule has 0 spiro atoms. The normalized spacial score (nSPS) is 12.1. The van der Waals surface area contributed by atoms with Crippen molar-refractivity contribution in [2.45, 2.75) is 33.3 Å². The zero-order valence-electron chi connectivity index (χ0n) is 10.7. The van der Waals surface area contributed by atoms with Crippen LogP contribution < -0.4 is 0 Å². The Balaban J connectivity index is 4.82. The van der Waals surface area contributed by atoms with E-state index in [0.717, 1.165) is 0 Å². The third-order valence-corrected chi connectivity index (χ3v) is 2.07. The fourth-order valence-electron chi connectivity index (χ4n) is 1.01. The quantitative estimate of drug-likeness (QED) is 0.537. The van der Waals surface area contributed by atoms with Crippen LogP contribution >= 0.6 is 0 Å². The number of hydrogen-bond donors (Lipinski definition) is 0. The van der Waals surface area contributed by atoms with Crippen LogP contribution in [0.3, 0.4) is 0 Å². The lowest BCUT2D eigenvalue weighted by Crippen LogP contribution is -2.44. The Bertz CT molecular complexity index is 248. The molecule has 0 aromatic rings. The highest BCUT2D eigenvalue weighted by molar-refractivity contribution is 5.99. The second-order valence-electron chi connectivity index (χ2n) is 4.72. The van der Waals surface area contributed by atoms with Crippen molar-refractivity contribution >= 4 is 11.9 Å². The zero-order chi connectivity index (χ0) is 13.0. The number of ether oxygens (including phenoxy) is 3. The van der Waals surface area contributed by atoms with Crippen molar-refractivity contribution in [3.63, 3.8) is 0 Å². The van der Waals surface area contributed by atoms with E-state index in [-0.39, 0.29) is 6.61 Å². The minimum absolute atomic E-state index is 0.0736. The highest BCUT2D eigenvalue weighted by Gasteiger charge is 2.45. The van der Waals surface area contributed by atoms with Gasteiger partial charge in [-0.2, -0.15) is 0 Å². The molecule has 0 aromatic heterocycles. The molecule has 0 rings (SSSR count). The molecule has 16 heavy (non-hydrogen) atoms. The molecule has 0 fully saturated rings. The Labute approximate surface area is 96.1 Å². The summed E-state index contributed by atoms with van der Waals surface area (Å²) in [6, 6.07) is 0. The molecule has 94 valence electrons. The fraction of sp³-hybridized carbons (Fsp3) is 0.818. The van der Waals surface area contributed by atoms with Crippen molar-refractivity contribution < 1.29 is 23.8 Å². The van der Waals surface area contributed by atoms with Crippen LogP contribution in [0.15, 0.2) is 0 Å². The lowest BCUT2D eigenvalue weighted by Gasteiger charge is -2.28. The average Bonchev–Trinajstić information content (AvgIpc) is 2.22. The largest absolute Gasteiger partial charge is 0.468 e. The summed E-state index contributed by atoms with van der Waals surface area (Å²) in [5.41, 5.74) is -1.86. The highest BCUT2D eigenvalue weighted by atomic mass is 16.6. The first kappa shape index (κ1) is 14.9. The highest BCUT2D eigenvalue weighted by Crippen LogP contribution is 2.23. The molecule has 0 aromatic carbocycles. The Morgan fingerprint density at radius 1 is 0.938 bits per heavy atom. The topological polar surface area (TPSA) is 61.8 Å². The van der Waals surface area contributed by atoms with Gasteiger partial charge < -0.3 is 14.2 Å². The first-order valence-corrected chi connectivity index (χ1v) is 4.98. The number of esters is 2. The molecule has 0 aliphatic carbocycles. The van der Waals surface area contributed by atoms with E-state index in [9.17, 15) is 9.59 Å². The zero-order valence-corrected chi connectivity index (χ0v) is 10.7. The molecule has 0 saturated carbocycles. The summed E-state index contributed by atoms with van der Waals surface area (Å²) in [4.78, 5) is 23.1. The molecule has 0 heterocycles. The van der Waals surface area contributed by atoms with Crippen LogP contribution in [0.5, 0.6) is 0 Å². The summed E-state index contributed by atoms with van der Waals surface area (Å²) < 4.78 is 14.6. The summed E-state index contributed by atoms with van der Waals surface area (Å²) in [5.74, 6) is -1.33. The second kappa shape index (κ2) is 5.30. The number of rotatable bonds is 4. The smallest absolute Gasteiger partial charge is 0.325 e. The minimum atomic E-state index is -1.42. The van der Waals surface area contributed by atoms with Gasteiger partial charge in [0.2, 0.25) is 0 Å². The van der Waals surface area contributed by atoms with Gasteiger partial charge in [0.1, 0.15) is 0 Å². The number of methoxy groups -OCH3 is 2. The van der Waals surface area contributed by atoms with Gasteiger partial charge in [-0.3, -0.25) is 9.59 Å². The molecule has 0 bridgehead atoms. The van der Waals surface area contributed by atoms with Gasteiger partial charge in [-0.1, -0.05) is 0 Å². The summed E-state index contributed by atoms with van der Waals surface area (Å²) in [6.45, 7) is 6.87. The molecule has 5 nitrogen and oxygen atoms in total. The molecule has 0 unspecified atom stereocenters. The first-order chi connectivity index (χ1) is 7.17. The third kappa shape index (κ3) is 3.81. The molecular formula is C11H20O5. The minimum Gasteiger partial charge on any atom is -0.468 e. The first-order valence-electron chi connectivity index (χ1n) is 4.98. The average molecular weight is 232 g/mol. The van der Waals surface area contributed by atoms with Crippen LogP contribution in [-0.2, 0) is 23.8 Å². The fourth-order valence-corrected chi connectivity index (χ4v) is 1.01. The Morgan fingerprint density at radius 2 is 1.31 bits per heavy atom. The predicted octanol–water partition coefficient (Wildman–Crippen LogP) is 1.15. The van der Waals surface area contributed by atoms with Gasteiger partial charge in [-0.25, -0.2) is 0 Å². The van der Waals surface area contributed by atoms with Crippen LogP contribution in [0.4, 0.5) is 0 Å². The molecule has 0 aliphatic rings. The molecule has 0 saturated heterocycles. The third-order valence-electron chi connectivity index (χ3n) is 2.07. The van der Waals surface area contributed by atoms with E-state index in [4.69, 9.17) is 4.74 Å². The molecule has 5 heteroatoms. The number of carbonyl (C=O) groups excluding carboxylic acids is 2. The van der Waals surface area contributed by atoms with Gasteiger partial charge in [-0.15, -0.1) is 0 Å².